The second-order valence-electron chi connectivity index (χ2n) is 4.50. The van der Waals surface area contributed by atoms with Gasteiger partial charge in [-0.15, -0.1) is 0 Å². The van der Waals surface area contributed by atoms with E-state index in [4.69, 9.17) is 10.5 Å². The van der Waals surface area contributed by atoms with E-state index < -0.39 is 0 Å². The molecule has 2 aromatic rings. The fraction of sp³-hybridized carbons (Fsp3) is 0.286. The second-order valence-corrected chi connectivity index (χ2v) is 5.50. The molecule has 0 bridgehead atoms. The van der Waals surface area contributed by atoms with Crippen LogP contribution in [0.2, 0.25) is 0 Å². The minimum atomic E-state index is -0.144. The Hall–Kier alpha value is -2.28. The van der Waals surface area contributed by atoms with E-state index in [9.17, 15) is 4.79 Å². The fourth-order valence-corrected chi connectivity index (χ4v) is 2.71. The van der Waals surface area contributed by atoms with E-state index in [1.54, 1.807) is 26.1 Å². The topological polar surface area (TPSA) is 80.5 Å². The van der Waals surface area contributed by atoms with Crippen LogP contribution >= 0.6 is 11.3 Å². The Morgan fingerprint density at radius 3 is 2.90 bits per heavy atom. The molecule has 0 aliphatic rings. The van der Waals surface area contributed by atoms with Crippen molar-refractivity contribution in [3.63, 3.8) is 0 Å². The minimum Gasteiger partial charge on any atom is -0.497 e. The highest BCUT2D eigenvalue weighted by Gasteiger charge is 2.19. The number of ether oxygens (including phenoxy) is 1. The molecular weight excluding hydrogens is 288 g/mol. The van der Waals surface area contributed by atoms with Crippen LogP contribution in [0.5, 0.6) is 5.75 Å². The maximum absolute atomic E-state index is 12.4. The monoisotopic (exact) mass is 306 g/mol. The lowest BCUT2D eigenvalue weighted by atomic mass is 10.2. The number of carbonyl (C=O) groups excluding carboxylic acids is 1. The molecule has 1 aromatic heterocycles. The normalized spacial score (nSPS) is 10.2. The van der Waals surface area contributed by atoms with Crippen molar-refractivity contribution in [2.75, 3.05) is 32.3 Å². The van der Waals surface area contributed by atoms with Gasteiger partial charge in [0, 0.05) is 20.6 Å². The highest BCUT2D eigenvalue weighted by atomic mass is 32.1. The van der Waals surface area contributed by atoms with Crippen molar-refractivity contribution in [2.45, 2.75) is 6.54 Å². The van der Waals surface area contributed by atoms with E-state index in [-0.39, 0.29) is 11.7 Å². The molecule has 1 amide bonds. The van der Waals surface area contributed by atoms with Crippen LogP contribution in [0.1, 0.15) is 15.2 Å². The zero-order valence-electron chi connectivity index (χ0n) is 12.2. The molecule has 7 heteroatoms. The van der Waals surface area contributed by atoms with Crippen molar-refractivity contribution in [3.8, 4) is 5.75 Å². The van der Waals surface area contributed by atoms with Gasteiger partial charge in [0.1, 0.15) is 16.4 Å². The van der Waals surface area contributed by atoms with Gasteiger partial charge >= 0.3 is 0 Å². The number of benzene rings is 1. The largest absolute Gasteiger partial charge is 0.497 e. The second kappa shape index (κ2) is 6.45. The summed E-state index contributed by atoms with van der Waals surface area (Å²) in [6.45, 7) is 0.474. The van der Waals surface area contributed by atoms with Crippen LogP contribution in [-0.4, -0.2) is 37.0 Å². The van der Waals surface area contributed by atoms with Crippen LogP contribution < -0.4 is 15.8 Å². The molecule has 6 nitrogen and oxygen atoms in total. The summed E-state index contributed by atoms with van der Waals surface area (Å²) in [6, 6.07) is 7.61. The Balaban J connectivity index is 2.13. The van der Waals surface area contributed by atoms with Gasteiger partial charge in [-0.1, -0.05) is 23.5 Å². The summed E-state index contributed by atoms with van der Waals surface area (Å²) in [5, 5.41) is 3.52. The molecule has 2 rings (SSSR count). The number of anilines is 2. The summed E-state index contributed by atoms with van der Waals surface area (Å²) >= 11 is 1.25. The van der Waals surface area contributed by atoms with E-state index in [2.05, 4.69) is 10.3 Å². The van der Waals surface area contributed by atoms with Crippen molar-refractivity contribution < 1.29 is 9.53 Å². The number of nitrogens with one attached hydrogen (secondary N) is 1. The number of nitrogens with zero attached hydrogens (tertiary/aromatic N) is 2. The Bertz CT molecular complexity index is 642. The average Bonchev–Trinajstić information content (AvgIpc) is 2.87. The molecule has 1 heterocycles. The van der Waals surface area contributed by atoms with Crippen molar-refractivity contribution in [1.29, 1.82) is 0 Å². The molecule has 112 valence electrons. The summed E-state index contributed by atoms with van der Waals surface area (Å²) in [7, 11) is 5.10. The number of hydrogen-bond acceptors (Lipinski definition) is 6. The highest BCUT2D eigenvalue weighted by Crippen LogP contribution is 2.26. The van der Waals surface area contributed by atoms with Gasteiger partial charge < -0.3 is 20.7 Å². The van der Waals surface area contributed by atoms with Crippen LogP contribution in [0.3, 0.4) is 0 Å². The van der Waals surface area contributed by atoms with Crippen LogP contribution in [-0.2, 0) is 6.54 Å². The molecule has 21 heavy (non-hydrogen) atoms. The summed E-state index contributed by atoms with van der Waals surface area (Å²) in [5.41, 5.74) is 6.77. The first kappa shape index (κ1) is 15.1. The summed E-state index contributed by atoms with van der Waals surface area (Å²) in [6.07, 6.45) is 0. The number of amides is 1. The molecular formula is C14H18N4O2S. The summed E-state index contributed by atoms with van der Waals surface area (Å²) in [4.78, 5) is 18.6. The van der Waals surface area contributed by atoms with Crippen LogP contribution in [0, 0.1) is 0 Å². The molecule has 0 aliphatic heterocycles. The van der Waals surface area contributed by atoms with Crippen molar-refractivity contribution in [2.24, 2.45) is 0 Å². The number of aromatic nitrogens is 1. The van der Waals surface area contributed by atoms with Gasteiger partial charge in [0.15, 0.2) is 5.13 Å². The van der Waals surface area contributed by atoms with Crippen LogP contribution in [0.25, 0.3) is 0 Å². The standard InChI is InChI=1S/C14H18N4O2S/c1-16-14-17-12(15)11(21-14)13(19)18(2)8-9-5-4-6-10(7-9)20-3/h4-7H,8,15H2,1-3H3,(H,16,17). The molecule has 0 saturated carbocycles. The van der Waals surface area contributed by atoms with Gasteiger partial charge in [0.05, 0.1) is 7.11 Å². The lowest BCUT2D eigenvalue weighted by Crippen LogP contribution is -2.26. The molecule has 0 aliphatic carbocycles. The van der Waals surface area contributed by atoms with Gasteiger partial charge in [0.25, 0.3) is 5.91 Å². The Morgan fingerprint density at radius 2 is 2.29 bits per heavy atom. The van der Waals surface area contributed by atoms with Crippen molar-refractivity contribution in [3.05, 3.63) is 34.7 Å². The van der Waals surface area contributed by atoms with Crippen LogP contribution in [0.15, 0.2) is 24.3 Å². The van der Waals surface area contributed by atoms with Gasteiger partial charge in [-0.05, 0) is 17.7 Å². The fourth-order valence-electron chi connectivity index (χ4n) is 1.88. The first-order valence-corrected chi connectivity index (χ1v) is 7.19. The lowest BCUT2D eigenvalue weighted by Gasteiger charge is -2.16. The quantitative estimate of drug-likeness (QED) is 0.883. The zero-order valence-corrected chi connectivity index (χ0v) is 13.0. The van der Waals surface area contributed by atoms with E-state index in [1.807, 2.05) is 24.3 Å². The first-order valence-electron chi connectivity index (χ1n) is 6.37. The van der Waals surface area contributed by atoms with E-state index in [1.165, 1.54) is 11.3 Å². The summed E-state index contributed by atoms with van der Waals surface area (Å²) < 4.78 is 5.18. The number of thiazole rings is 1. The van der Waals surface area contributed by atoms with E-state index in [0.29, 0.717) is 16.6 Å². The number of nitrogen functional groups attached to an aromatic ring is 1. The Labute approximate surface area is 127 Å². The SMILES string of the molecule is CNc1nc(N)c(C(=O)N(C)Cc2cccc(OC)c2)s1. The third-order valence-corrected chi connectivity index (χ3v) is 4.04. The zero-order chi connectivity index (χ0) is 15.4. The maximum Gasteiger partial charge on any atom is 0.267 e. The smallest absolute Gasteiger partial charge is 0.267 e. The van der Waals surface area contributed by atoms with Gasteiger partial charge in [-0.25, -0.2) is 4.98 Å². The van der Waals surface area contributed by atoms with Crippen molar-refractivity contribution >= 4 is 28.2 Å². The number of methoxy groups -OCH3 is 1. The molecule has 1 aromatic carbocycles. The van der Waals surface area contributed by atoms with Crippen LogP contribution in [0.4, 0.5) is 10.9 Å². The number of rotatable bonds is 5. The summed E-state index contributed by atoms with van der Waals surface area (Å²) in [5.74, 6) is 0.879. The highest BCUT2D eigenvalue weighted by molar-refractivity contribution is 7.18. The molecule has 0 saturated heterocycles. The maximum atomic E-state index is 12.4. The van der Waals surface area contributed by atoms with Gasteiger partial charge in [0.2, 0.25) is 0 Å². The number of nitrogens with two attached hydrogens (primary N) is 1. The van der Waals surface area contributed by atoms with E-state index in [0.717, 1.165) is 11.3 Å². The number of hydrogen-bond donors (Lipinski definition) is 2. The minimum absolute atomic E-state index is 0.144. The predicted octanol–water partition coefficient (Wildman–Crippen LogP) is 2.05. The molecule has 0 unspecified atom stereocenters. The lowest BCUT2D eigenvalue weighted by molar-refractivity contribution is 0.0790. The van der Waals surface area contributed by atoms with Gasteiger partial charge in [-0.3, -0.25) is 4.79 Å². The van der Waals surface area contributed by atoms with Crippen molar-refractivity contribution in [1.82, 2.24) is 9.88 Å². The average molecular weight is 306 g/mol. The molecule has 0 fully saturated rings. The van der Waals surface area contributed by atoms with Gasteiger partial charge in [-0.2, -0.15) is 0 Å². The molecule has 0 spiro atoms. The predicted molar refractivity (Wildman–Crippen MR) is 84.9 cm³/mol. The molecule has 0 radical (unpaired) electrons. The molecule has 0 atom stereocenters. The number of carbonyl (C=O) groups is 1. The Morgan fingerprint density at radius 1 is 1.52 bits per heavy atom. The van der Waals surface area contributed by atoms with E-state index >= 15 is 0 Å². The third-order valence-electron chi connectivity index (χ3n) is 2.96. The first-order chi connectivity index (χ1) is 10.0. The molecule has 3 N–H and O–H groups in total. The Kier molecular flexibility index (Phi) is 4.64. The third kappa shape index (κ3) is 3.43.